The van der Waals surface area contributed by atoms with Crippen LogP contribution in [0, 0.1) is 17.3 Å². The Morgan fingerprint density at radius 1 is 1.27 bits per heavy atom. The number of rotatable bonds is 1. The molecular weight excluding hydrogens is 211 g/mol. The SMILES string of the molecule is CC(C)C1CC2(C[N-]C2)C1.[Y]. The minimum absolute atomic E-state index is 0. The molecule has 0 N–H and O–H groups in total. The van der Waals surface area contributed by atoms with Crippen LogP contribution < -0.4 is 0 Å². The van der Waals surface area contributed by atoms with Crippen LogP contribution in [0.25, 0.3) is 5.32 Å². The maximum Gasteiger partial charge on any atom is 0 e. The van der Waals surface area contributed by atoms with Gasteiger partial charge in [0.15, 0.2) is 0 Å². The smallest absolute Gasteiger partial charge is 0 e. The summed E-state index contributed by atoms with van der Waals surface area (Å²) in [5.41, 5.74) is 0.731. The van der Waals surface area contributed by atoms with E-state index < -0.39 is 0 Å². The van der Waals surface area contributed by atoms with Gasteiger partial charge in [0.25, 0.3) is 0 Å². The zero-order valence-electron chi connectivity index (χ0n) is 7.51. The van der Waals surface area contributed by atoms with Crippen molar-refractivity contribution in [2.45, 2.75) is 26.7 Å². The van der Waals surface area contributed by atoms with E-state index >= 15 is 0 Å². The predicted molar refractivity (Wildman–Crippen MR) is 43.1 cm³/mol. The van der Waals surface area contributed by atoms with Gasteiger partial charge < -0.3 is 5.32 Å². The van der Waals surface area contributed by atoms with Crippen molar-refractivity contribution in [1.29, 1.82) is 0 Å². The predicted octanol–water partition coefficient (Wildman–Crippen LogP) is 2.42. The van der Waals surface area contributed by atoms with E-state index in [0.717, 1.165) is 17.3 Å². The van der Waals surface area contributed by atoms with Gasteiger partial charge in [-0.25, -0.2) is 0 Å². The van der Waals surface area contributed by atoms with Gasteiger partial charge in [0.1, 0.15) is 0 Å². The molecule has 61 valence electrons. The molecule has 1 aliphatic heterocycles. The van der Waals surface area contributed by atoms with E-state index in [1.165, 1.54) is 25.9 Å². The molecule has 2 heteroatoms. The molecule has 0 atom stereocenters. The van der Waals surface area contributed by atoms with Gasteiger partial charge in [-0.05, 0) is 24.7 Å². The van der Waals surface area contributed by atoms with Crippen LogP contribution in [-0.4, -0.2) is 13.1 Å². The Bertz CT molecular complexity index is 132. The van der Waals surface area contributed by atoms with Gasteiger partial charge >= 0.3 is 0 Å². The quantitative estimate of drug-likeness (QED) is 0.653. The fourth-order valence-electron chi connectivity index (χ4n) is 2.21. The third-order valence-electron chi connectivity index (χ3n) is 3.23. The molecule has 1 nitrogen and oxygen atoms in total. The van der Waals surface area contributed by atoms with Crippen LogP contribution in [0.15, 0.2) is 0 Å². The molecule has 1 aliphatic carbocycles. The Morgan fingerprint density at radius 3 is 2.09 bits per heavy atom. The average molecular weight is 227 g/mol. The van der Waals surface area contributed by atoms with Crippen molar-refractivity contribution in [3.8, 4) is 0 Å². The molecule has 0 aromatic heterocycles. The Hall–Kier alpha value is 1.06. The van der Waals surface area contributed by atoms with Crippen molar-refractivity contribution in [3.63, 3.8) is 0 Å². The number of hydrogen-bond acceptors (Lipinski definition) is 0. The first-order valence-electron chi connectivity index (χ1n) is 4.35. The monoisotopic (exact) mass is 227 g/mol. The average Bonchev–Trinajstić information content (AvgIpc) is 1.54. The summed E-state index contributed by atoms with van der Waals surface area (Å²) in [7, 11) is 0. The maximum absolute atomic E-state index is 4.29. The Kier molecular flexibility index (Phi) is 3.17. The van der Waals surface area contributed by atoms with E-state index in [2.05, 4.69) is 19.2 Å². The van der Waals surface area contributed by atoms with Crippen molar-refractivity contribution in [2.75, 3.05) is 13.1 Å². The van der Waals surface area contributed by atoms with E-state index in [9.17, 15) is 0 Å². The molecule has 2 aliphatic rings. The molecule has 1 radical (unpaired) electrons. The van der Waals surface area contributed by atoms with Crippen LogP contribution in [0.1, 0.15) is 26.7 Å². The van der Waals surface area contributed by atoms with Gasteiger partial charge in [-0.1, -0.05) is 19.3 Å². The molecule has 0 aromatic rings. The maximum atomic E-state index is 4.29. The Labute approximate surface area is 94.6 Å². The second-order valence-electron chi connectivity index (χ2n) is 4.45. The van der Waals surface area contributed by atoms with Gasteiger partial charge in [0.2, 0.25) is 0 Å². The second kappa shape index (κ2) is 3.43. The Morgan fingerprint density at radius 2 is 1.82 bits per heavy atom. The third-order valence-corrected chi connectivity index (χ3v) is 3.23. The fraction of sp³-hybridized carbons (Fsp3) is 1.00. The number of hydrogen-bond donors (Lipinski definition) is 0. The van der Waals surface area contributed by atoms with Crippen LogP contribution in [0.4, 0.5) is 0 Å². The third kappa shape index (κ3) is 1.71. The van der Waals surface area contributed by atoms with Gasteiger partial charge in [0.05, 0.1) is 0 Å². The normalized spacial score (nSPS) is 27.5. The molecule has 0 aromatic carbocycles. The molecule has 1 spiro atoms. The van der Waals surface area contributed by atoms with Crippen molar-refractivity contribution in [3.05, 3.63) is 5.32 Å². The molecule has 1 saturated heterocycles. The molecule has 0 bridgehead atoms. The van der Waals surface area contributed by atoms with Crippen LogP contribution >= 0.6 is 0 Å². The molecule has 1 saturated carbocycles. The zero-order chi connectivity index (χ0) is 7.19. The molecular formula is C9H16NY-. The topological polar surface area (TPSA) is 14.1 Å². The first kappa shape index (κ1) is 10.1. The summed E-state index contributed by atoms with van der Waals surface area (Å²) < 4.78 is 0. The largest absolute Gasteiger partial charge is 0.661 e. The number of nitrogens with zero attached hydrogens (tertiary/aromatic N) is 1. The van der Waals surface area contributed by atoms with Crippen LogP contribution in [0.5, 0.6) is 0 Å². The van der Waals surface area contributed by atoms with Crippen LogP contribution in [0.2, 0.25) is 0 Å². The van der Waals surface area contributed by atoms with Gasteiger partial charge in [-0.2, -0.15) is 0 Å². The summed E-state index contributed by atoms with van der Waals surface area (Å²) in [4.78, 5) is 0. The van der Waals surface area contributed by atoms with E-state index in [-0.39, 0.29) is 32.7 Å². The van der Waals surface area contributed by atoms with Crippen LogP contribution in [-0.2, 0) is 32.7 Å². The van der Waals surface area contributed by atoms with Crippen LogP contribution in [0.3, 0.4) is 0 Å². The van der Waals surface area contributed by atoms with Crippen molar-refractivity contribution < 1.29 is 32.7 Å². The molecule has 2 fully saturated rings. The summed E-state index contributed by atoms with van der Waals surface area (Å²) >= 11 is 0. The summed E-state index contributed by atoms with van der Waals surface area (Å²) in [5.74, 6) is 1.93. The molecule has 0 amide bonds. The summed E-state index contributed by atoms with van der Waals surface area (Å²) in [6.07, 6.45) is 2.93. The minimum Gasteiger partial charge on any atom is -0.661 e. The molecule has 0 unspecified atom stereocenters. The van der Waals surface area contributed by atoms with Crippen molar-refractivity contribution in [1.82, 2.24) is 0 Å². The van der Waals surface area contributed by atoms with E-state index in [1.807, 2.05) is 0 Å². The first-order chi connectivity index (χ1) is 4.72. The summed E-state index contributed by atoms with van der Waals surface area (Å²) in [5, 5.41) is 4.29. The standard InChI is InChI=1S/C9H16N.Y/c1-7(2)8-3-9(4-8)5-10-6-9;/h7-8H,3-6H2,1-2H3;/q-1;. The summed E-state index contributed by atoms with van der Waals surface area (Å²) in [6, 6.07) is 0. The molecule has 11 heavy (non-hydrogen) atoms. The summed E-state index contributed by atoms with van der Waals surface area (Å²) in [6.45, 7) is 7.03. The Balaban J connectivity index is 0.000000605. The molecule has 1 heterocycles. The van der Waals surface area contributed by atoms with Crippen molar-refractivity contribution >= 4 is 0 Å². The van der Waals surface area contributed by atoms with Gasteiger partial charge in [-0.3, -0.25) is 0 Å². The van der Waals surface area contributed by atoms with Crippen molar-refractivity contribution in [2.24, 2.45) is 17.3 Å². The minimum atomic E-state index is 0. The molecule has 2 rings (SSSR count). The van der Waals surface area contributed by atoms with E-state index in [4.69, 9.17) is 0 Å². The fourth-order valence-corrected chi connectivity index (χ4v) is 2.21. The van der Waals surface area contributed by atoms with E-state index in [0.29, 0.717) is 0 Å². The second-order valence-corrected chi connectivity index (χ2v) is 4.45. The van der Waals surface area contributed by atoms with Gasteiger partial charge in [0, 0.05) is 32.7 Å². The zero-order valence-corrected chi connectivity index (χ0v) is 10.3. The van der Waals surface area contributed by atoms with Gasteiger partial charge in [-0.15, -0.1) is 13.1 Å². The van der Waals surface area contributed by atoms with E-state index in [1.54, 1.807) is 0 Å². The first-order valence-corrected chi connectivity index (χ1v) is 4.35.